The predicted molar refractivity (Wildman–Crippen MR) is 116 cm³/mol. The largest absolute Gasteiger partial charge is 0.493 e. The number of nitrogens with zero attached hydrogens (tertiary/aromatic N) is 1. The normalized spacial score (nSPS) is 14.5. The Labute approximate surface area is 173 Å². The second-order valence-electron chi connectivity index (χ2n) is 7.35. The lowest BCUT2D eigenvalue weighted by molar-refractivity contribution is 0.296. The van der Waals surface area contributed by atoms with Gasteiger partial charge >= 0.3 is 0 Å². The van der Waals surface area contributed by atoms with Gasteiger partial charge in [0.05, 0.1) is 17.3 Å². The highest BCUT2D eigenvalue weighted by Gasteiger charge is 2.22. The molecule has 29 heavy (non-hydrogen) atoms. The van der Waals surface area contributed by atoms with Crippen LogP contribution in [0.5, 0.6) is 5.75 Å². The molecule has 2 aromatic carbocycles. The minimum absolute atomic E-state index is 0.00199. The van der Waals surface area contributed by atoms with E-state index in [9.17, 15) is 8.42 Å². The molecule has 6 nitrogen and oxygen atoms in total. The molecular weight excluding hydrogens is 386 g/mol. The summed E-state index contributed by atoms with van der Waals surface area (Å²) < 4.78 is 30.7. The second-order valence-corrected chi connectivity index (χ2v) is 9.46. The number of aliphatic imine (C=N–C) groups is 1. The zero-order chi connectivity index (χ0) is 20.7. The maximum Gasteiger partial charge on any atom is 0.191 e. The molecule has 0 aliphatic heterocycles. The SMILES string of the molecule is CN=C(NCCS(=O)(=O)c1ccccc1)NCc1ccc(C)cc1OCC1CC1. The van der Waals surface area contributed by atoms with E-state index in [2.05, 4.69) is 40.7 Å². The molecule has 1 saturated carbocycles. The van der Waals surface area contributed by atoms with Gasteiger partial charge in [-0.15, -0.1) is 0 Å². The third-order valence-electron chi connectivity index (χ3n) is 4.83. The first kappa shape index (κ1) is 21.2. The van der Waals surface area contributed by atoms with E-state index in [4.69, 9.17) is 4.74 Å². The van der Waals surface area contributed by atoms with Crippen molar-refractivity contribution in [3.05, 3.63) is 59.7 Å². The van der Waals surface area contributed by atoms with Gasteiger partial charge in [-0.3, -0.25) is 4.99 Å². The van der Waals surface area contributed by atoms with Crippen LogP contribution < -0.4 is 15.4 Å². The minimum Gasteiger partial charge on any atom is -0.493 e. The van der Waals surface area contributed by atoms with Gasteiger partial charge in [0.25, 0.3) is 0 Å². The first-order chi connectivity index (χ1) is 14.0. The molecule has 0 atom stereocenters. The van der Waals surface area contributed by atoms with Crippen LogP contribution in [0, 0.1) is 12.8 Å². The summed E-state index contributed by atoms with van der Waals surface area (Å²) in [5.41, 5.74) is 2.21. The first-order valence-electron chi connectivity index (χ1n) is 9.92. The van der Waals surface area contributed by atoms with E-state index in [1.165, 1.54) is 12.8 Å². The van der Waals surface area contributed by atoms with Crippen molar-refractivity contribution in [3.8, 4) is 5.75 Å². The van der Waals surface area contributed by atoms with Gasteiger partial charge < -0.3 is 15.4 Å². The van der Waals surface area contributed by atoms with E-state index in [-0.39, 0.29) is 12.3 Å². The Balaban J connectivity index is 1.51. The minimum atomic E-state index is -3.32. The number of hydrogen-bond donors (Lipinski definition) is 2. The van der Waals surface area contributed by atoms with Gasteiger partial charge in [0.2, 0.25) is 0 Å². The highest BCUT2D eigenvalue weighted by Crippen LogP contribution is 2.30. The molecule has 1 aliphatic carbocycles. The van der Waals surface area contributed by atoms with E-state index in [0.717, 1.165) is 23.5 Å². The third kappa shape index (κ3) is 6.49. The van der Waals surface area contributed by atoms with Crippen molar-refractivity contribution in [2.24, 2.45) is 10.9 Å². The lowest BCUT2D eigenvalue weighted by atomic mass is 10.1. The maximum absolute atomic E-state index is 12.4. The Morgan fingerprint density at radius 1 is 1.14 bits per heavy atom. The zero-order valence-electron chi connectivity index (χ0n) is 17.0. The van der Waals surface area contributed by atoms with Crippen LogP contribution in [0.25, 0.3) is 0 Å². The van der Waals surface area contributed by atoms with E-state index in [1.807, 2.05) is 0 Å². The van der Waals surface area contributed by atoms with Crippen LogP contribution in [0.2, 0.25) is 0 Å². The van der Waals surface area contributed by atoms with Gasteiger partial charge in [0.15, 0.2) is 15.8 Å². The summed E-state index contributed by atoms with van der Waals surface area (Å²) >= 11 is 0. The molecular formula is C22H29N3O3S. The number of sulfone groups is 1. The summed E-state index contributed by atoms with van der Waals surface area (Å²) in [5, 5.41) is 6.31. The first-order valence-corrected chi connectivity index (χ1v) is 11.6. The van der Waals surface area contributed by atoms with Crippen molar-refractivity contribution >= 4 is 15.8 Å². The van der Waals surface area contributed by atoms with E-state index in [1.54, 1.807) is 37.4 Å². The molecule has 0 unspecified atom stereocenters. The van der Waals surface area contributed by atoms with Crippen LogP contribution in [0.1, 0.15) is 24.0 Å². The number of rotatable bonds is 9. The lowest BCUT2D eigenvalue weighted by Crippen LogP contribution is -2.39. The zero-order valence-corrected chi connectivity index (χ0v) is 17.8. The van der Waals surface area contributed by atoms with Crippen LogP contribution in [-0.4, -0.2) is 40.3 Å². The molecule has 2 N–H and O–H groups in total. The van der Waals surface area contributed by atoms with Gasteiger partial charge in [-0.05, 0) is 49.4 Å². The fourth-order valence-electron chi connectivity index (χ4n) is 2.88. The van der Waals surface area contributed by atoms with Gasteiger partial charge in [0.1, 0.15) is 5.75 Å². The molecule has 0 aromatic heterocycles. The molecule has 0 saturated heterocycles. The second kappa shape index (κ2) is 9.78. The maximum atomic E-state index is 12.4. The van der Waals surface area contributed by atoms with Crippen LogP contribution in [0.15, 0.2) is 58.4 Å². The number of hydrogen-bond acceptors (Lipinski definition) is 4. The van der Waals surface area contributed by atoms with Crippen molar-refractivity contribution in [1.29, 1.82) is 0 Å². The van der Waals surface area contributed by atoms with Gasteiger partial charge in [-0.2, -0.15) is 0 Å². The molecule has 0 spiro atoms. The fourth-order valence-corrected chi connectivity index (χ4v) is 4.06. The fraction of sp³-hybridized carbons (Fsp3) is 0.409. The van der Waals surface area contributed by atoms with Crippen molar-refractivity contribution in [1.82, 2.24) is 10.6 Å². The molecule has 0 amide bonds. The Kier molecular flexibility index (Phi) is 7.14. The van der Waals surface area contributed by atoms with Crippen molar-refractivity contribution < 1.29 is 13.2 Å². The van der Waals surface area contributed by atoms with Gasteiger partial charge in [-0.25, -0.2) is 8.42 Å². The quantitative estimate of drug-likeness (QED) is 0.486. The highest BCUT2D eigenvalue weighted by atomic mass is 32.2. The molecule has 1 fully saturated rings. The monoisotopic (exact) mass is 415 g/mol. The standard InChI is InChI=1S/C22H29N3O3S/c1-17-8-11-19(21(14-17)28-16-18-9-10-18)15-25-22(23-2)24-12-13-29(26,27)20-6-4-3-5-7-20/h3-8,11,14,18H,9-10,12-13,15-16H2,1-2H3,(H2,23,24,25). The van der Waals surface area contributed by atoms with Crippen molar-refractivity contribution in [2.75, 3.05) is 26.0 Å². The lowest BCUT2D eigenvalue weighted by Gasteiger charge is -2.15. The highest BCUT2D eigenvalue weighted by molar-refractivity contribution is 7.91. The number of aryl methyl sites for hydroxylation is 1. The van der Waals surface area contributed by atoms with E-state index < -0.39 is 9.84 Å². The Morgan fingerprint density at radius 3 is 2.59 bits per heavy atom. The molecule has 156 valence electrons. The Hall–Kier alpha value is -2.54. The number of ether oxygens (including phenoxy) is 1. The summed E-state index contributed by atoms with van der Waals surface area (Å²) in [5.74, 6) is 2.14. The summed E-state index contributed by atoms with van der Waals surface area (Å²) in [6.07, 6.45) is 2.50. The molecule has 0 radical (unpaired) electrons. The molecule has 2 aromatic rings. The van der Waals surface area contributed by atoms with Crippen LogP contribution >= 0.6 is 0 Å². The molecule has 1 aliphatic rings. The van der Waals surface area contributed by atoms with Gasteiger partial charge in [-0.1, -0.05) is 30.3 Å². The summed E-state index contributed by atoms with van der Waals surface area (Å²) in [7, 11) is -1.65. The summed E-state index contributed by atoms with van der Waals surface area (Å²) in [4.78, 5) is 4.52. The van der Waals surface area contributed by atoms with Crippen LogP contribution in [0.4, 0.5) is 0 Å². The Morgan fingerprint density at radius 2 is 1.90 bits per heavy atom. The van der Waals surface area contributed by atoms with Crippen molar-refractivity contribution in [3.63, 3.8) is 0 Å². The van der Waals surface area contributed by atoms with E-state index in [0.29, 0.717) is 23.3 Å². The molecule has 3 rings (SSSR count). The summed E-state index contributed by atoms with van der Waals surface area (Å²) in [6.45, 7) is 3.64. The molecule has 7 heteroatoms. The number of guanidine groups is 1. The van der Waals surface area contributed by atoms with Crippen LogP contribution in [0.3, 0.4) is 0 Å². The summed E-state index contributed by atoms with van der Waals surface area (Å²) in [6, 6.07) is 14.7. The van der Waals surface area contributed by atoms with Crippen molar-refractivity contribution in [2.45, 2.75) is 31.2 Å². The third-order valence-corrected chi connectivity index (χ3v) is 6.56. The predicted octanol–water partition coefficient (Wildman–Crippen LogP) is 2.92. The molecule has 0 bridgehead atoms. The molecule has 0 heterocycles. The average Bonchev–Trinajstić information content (AvgIpc) is 3.55. The average molecular weight is 416 g/mol. The van der Waals surface area contributed by atoms with Crippen LogP contribution in [-0.2, 0) is 16.4 Å². The smallest absolute Gasteiger partial charge is 0.191 e. The van der Waals surface area contributed by atoms with E-state index >= 15 is 0 Å². The number of benzene rings is 2. The topological polar surface area (TPSA) is 79.8 Å². The Bertz CT molecular complexity index is 939. The number of nitrogens with one attached hydrogen (secondary N) is 2. The van der Waals surface area contributed by atoms with Gasteiger partial charge in [0, 0.05) is 25.7 Å².